The van der Waals surface area contributed by atoms with Crippen molar-refractivity contribution in [2.75, 3.05) is 0 Å². The predicted molar refractivity (Wildman–Crippen MR) is 90.0 cm³/mol. The summed E-state index contributed by atoms with van der Waals surface area (Å²) in [7, 11) is 0. The Labute approximate surface area is 127 Å². The number of aromatic amines is 1. The van der Waals surface area contributed by atoms with E-state index < -0.39 is 0 Å². The summed E-state index contributed by atoms with van der Waals surface area (Å²) in [5.41, 5.74) is 3.98. The molecule has 0 spiro atoms. The van der Waals surface area contributed by atoms with E-state index in [1.165, 1.54) is 5.56 Å². The zero-order valence-electron chi connectivity index (χ0n) is 12.1. The molecular formula is C19H14N2O. The van der Waals surface area contributed by atoms with Crippen LogP contribution in [0, 0.1) is 6.92 Å². The molecule has 106 valence electrons. The molecule has 0 unspecified atom stereocenters. The Bertz CT molecular complexity index is 1060. The van der Waals surface area contributed by atoms with Gasteiger partial charge in [-0.25, -0.2) is 4.98 Å². The van der Waals surface area contributed by atoms with Crippen LogP contribution in [-0.4, -0.2) is 9.97 Å². The lowest BCUT2D eigenvalue weighted by Crippen LogP contribution is -2.07. The van der Waals surface area contributed by atoms with Crippen molar-refractivity contribution in [1.29, 1.82) is 0 Å². The normalized spacial score (nSPS) is 11.1. The van der Waals surface area contributed by atoms with Gasteiger partial charge in [0.25, 0.3) is 5.56 Å². The van der Waals surface area contributed by atoms with Crippen molar-refractivity contribution in [3.8, 4) is 11.1 Å². The second-order valence-electron chi connectivity index (χ2n) is 5.40. The van der Waals surface area contributed by atoms with Gasteiger partial charge in [-0.1, -0.05) is 42.5 Å². The maximum absolute atomic E-state index is 12.2. The summed E-state index contributed by atoms with van der Waals surface area (Å²) in [5, 5.41) is 2.62. The molecule has 0 saturated carbocycles. The highest BCUT2D eigenvalue weighted by molar-refractivity contribution is 6.11. The van der Waals surface area contributed by atoms with Gasteiger partial charge in [0.05, 0.1) is 0 Å². The summed E-state index contributed by atoms with van der Waals surface area (Å²) in [6.07, 6.45) is 1.74. The van der Waals surface area contributed by atoms with Gasteiger partial charge in [-0.15, -0.1) is 0 Å². The molecule has 0 bridgehead atoms. The average molecular weight is 286 g/mol. The lowest BCUT2D eigenvalue weighted by atomic mass is 9.96. The molecule has 0 atom stereocenters. The van der Waals surface area contributed by atoms with Gasteiger partial charge in [0, 0.05) is 17.0 Å². The summed E-state index contributed by atoms with van der Waals surface area (Å²) < 4.78 is 0. The molecule has 0 fully saturated rings. The van der Waals surface area contributed by atoms with Crippen LogP contribution in [0.15, 0.2) is 65.6 Å². The van der Waals surface area contributed by atoms with Gasteiger partial charge < -0.3 is 4.98 Å². The first-order valence-electron chi connectivity index (χ1n) is 7.21. The number of pyridine rings is 2. The van der Waals surface area contributed by atoms with Crippen LogP contribution in [0.4, 0.5) is 0 Å². The van der Waals surface area contributed by atoms with E-state index in [0.29, 0.717) is 11.0 Å². The average Bonchev–Trinajstić information content (AvgIpc) is 2.55. The van der Waals surface area contributed by atoms with Gasteiger partial charge in [0.1, 0.15) is 5.65 Å². The van der Waals surface area contributed by atoms with Crippen LogP contribution >= 0.6 is 0 Å². The van der Waals surface area contributed by atoms with Crippen molar-refractivity contribution in [3.05, 3.63) is 76.7 Å². The van der Waals surface area contributed by atoms with Crippen LogP contribution in [0.2, 0.25) is 0 Å². The molecular weight excluding hydrogens is 272 g/mol. The lowest BCUT2D eigenvalue weighted by Gasteiger charge is -2.11. The van der Waals surface area contributed by atoms with Crippen molar-refractivity contribution in [2.45, 2.75) is 6.92 Å². The number of nitrogens with one attached hydrogen (secondary N) is 1. The number of rotatable bonds is 1. The number of fused-ring (bicyclic) bond motifs is 3. The molecule has 2 aromatic carbocycles. The Kier molecular flexibility index (Phi) is 2.79. The van der Waals surface area contributed by atoms with Crippen molar-refractivity contribution in [2.24, 2.45) is 0 Å². The summed E-state index contributed by atoms with van der Waals surface area (Å²) in [6.45, 7) is 2.09. The van der Waals surface area contributed by atoms with Crippen molar-refractivity contribution < 1.29 is 0 Å². The highest BCUT2D eigenvalue weighted by Crippen LogP contribution is 2.32. The molecule has 3 nitrogen and oxygen atoms in total. The standard InChI is InChI=1S/C19H14N2O/c1-12-6-2-3-7-13(12)15-10-11-20-18-17(15)14-8-4-5-9-16(14)19(22)21-18/h2-11H,1H3,(H,20,21,22). The fourth-order valence-corrected chi connectivity index (χ4v) is 3.00. The molecule has 0 amide bonds. The molecule has 4 aromatic rings. The minimum absolute atomic E-state index is 0.0995. The minimum Gasteiger partial charge on any atom is -0.306 e. The zero-order valence-corrected chi connectivity index (χ0v) is 12.1. The van der Waals surface area contributed by atoms with Crippen LogP contribution in [-0.2, 0) is 0 Å². The summed E-state index contributed by atoms with van der Waals surface area (Å²) in [4.78, 5) is 19.5. The Hall–Kier alpha value is -2.94. The molecule has 0 aliphatic carbocycles. The predicted octanol–water partition coefficient (Wildman–Crippen LogP) is 4.05. The molecule has 0 aliphatic rings. The molecule has 4 rings (SSSR count). The SMILES string of the molecule is Cc1ccccc1-c1ccnc2[nH]c(=O)c3ccccc3c12. The van der Waals surface area contributed by atoms with Gasteiger partial charge in [0.2, 0.25) is 0 Å². The first kappa shape index (κ1) is 12.8. The van der Waals surface area contributed by atoms with E-state index in [0.717, 1.165) is 21.9 Å². The Morgan fingerprint density at radius 2 is 1.59 bits per heavy atom. The Balaban J connectivity index is 2.24. The van der Waals surface area contributed by atoms with E-state index in [4.69, 9.17) is 0 Å². The number of nitrogens with zero attached hydrogens (tertiary/aromatic N) is 1. The fourth-order valence-electron chi connectivity index (χ4n) is 3.00. The highest BCUT2D eigenvalue weighted by Gasteiger charge is 2.12. The van der Waals surface area contributed by atoms with Gasteiger partial charge in [-0.3, -0.25) is 4.79 Å². The topological polar surface area (TPSA) is 45.8 Å². The minimum atomic E-state index is -0.0995. The van der Waals surface area contributed by atoms with E-state index in [2.05, 4.69) is 29.0 Å². The summed E-state index contributed by atoms with van der Waals surface area (Å²) in [5.74, 6) is 0. The number of aromatic nitrogens is 2. The molecule has 0 aliphatic heterocycles. The monoisotopic (exact) mass is 286 g/mol. The van der Waals surface area contributed by atoms with Gasteiger partial charge in [0.15, 0.2) is 0 Å². The largest absolute Gasteiger partial charge is 0.306 e. The first-order chi connectivity index (χ1) is 10.8. The zero-order chi connectivity index (χ0) is 15.1. The highest BCUT2D eigenvalue weighted by atomic mass is 16.1. The maximum atomic E-state index is 12.2. The van der Waals surface area contributed by atoms with Crippen molar-refractivity contribution in [1.82, 2.24) is 9.97 Å². The van der Waals surface area contributed by atoms with Gasteiger partial charge in [-0.2, -0.15) is 0 Å². The molecule has 0 radical (unpaired) electrons. The summed E-state index contributed by atoms with van der Waals surface area (Å²) in [6, 6.07) is 17.9. The number of aryl methyl sites for hydroxylation is 1. The van der Waals surface area contributed by atoms with E-state index >= 15 is 0 Å². The van der Waals surface area contributed by atoms with E-state index in [-0.39, 0.29) is 5.56 Å². The maximum Gasteiger partial charge on any atom is 0.257 e. The number of hydrogen-bond donors (Lipinski definition) is 1. The second kappa shape index (κ2) is 4.81. The Morgan fingerprint density at radius 1 is 0.864 bits per heavy atom. The number of hydrogen-bond acceptors (Lipinski definition) is 2. The van der Waals surface area contributed by atoms with Crippen molar-refractivity contribution >= 4 is 21.8 Å². The number of H-pyrrole nitrogens is 1. The van der Waals surface area contributed by atoms with E-state index in [1.54, 1.807) is 6.20 Å². The van der Waals surface area contributed by atoms with Gasteiger partial charge >= 0.3 is 0 Å². The van der Waals surface area contributed by atoms with Crippen LogP contribution < -0.4 is 5.56 Å². The van der Waals surface area contributed by atoms with E-state index in [1.807, 2.05) is 42.5 Å². The van der Waals surface area contributed by atoms with Crippen LogP contribution in [0.5, 0.6) is 0 Å². The quantitative estimate of drug-likeness (QED) is 0.536. The third-order valence-corrected chi connectivity index (χ3v) is 4.06. The van der Waals surface area contributed by atoms with Crippen molar-refractivity contribution in [3.63, 3.8) is 0 Å². The molecule has 22 heavy (non-hydrogen) atoms. The first-order valence-corrected chi connectivity index (χ1v) is 7.21. The van der Waals surface area contributed by atoms with E-state index in [9.17, 15) is 4.79 Å². The second-order valence-corrected chi connectivity index (χ2v) is 5.40. The summed E-state index contributed by atoms with van der Waals surface area (Å²) >= 11 is 0. The fraction of sp³-hybridized carbons (Fsp3) is 0.0526. The smallest absolute Gasteiger partial charge is 0.257 e. The molecule has 0 saturated heterocycles. The Morgan fingerprint density at radius 3 is 2.41 bits per heavy atom. The van der Waals surface area contributed by atoms with Crippen LogP contribution in [0.1, 0.15) is 5.56 Å². The molecule has 3 heteroatoms. The van der Waals surface area contributed by atoms with Gasteiger partial charge in [-0.05, 0) is 41.1 Å². The number of benzene rings is 2. The third kappa shape index (κ3) is 1.83. The lowest BCUT2D eigenvalue weighted by molar-refractivity contribution is 1.25. The van der Waals surface area contributed by atoms with Crippen LogP contribution in [0.3, 0.4) is 0 Å². The molecule has 2 aromatic heterocycles. The third-order valence-electron chi connectivity index (χ3n) is 4.06. The molecule has 1 N–H and O–H groups in total. The van der Waals surface area contributed by atoms with Crippen LogP contribution in [0.25, 0.3) is 32.9 Å². The molecule has 2 heterocycles.